The molecule has 84 valence electrons. The van der Waals surface area contributed by atoms with Gasteiger partial charge >= 0.3 is 0 Å². The summed E-state index contributed by atoms with van der Waals surface area (Å²) in [5.74, 6) is 0. The Morgan fingerprint density at radius 1 is 1.44 bits per heavy atom. The van der Waals surface area contributed by atoms with Gasteiger partial charge in [-0.25, -0.2) is 4.98 Å². The summed E-state index contributed by atoms with van der Waals surface area (Å²) in [5, 5.41) is 1.65. The molecule has 0 aliphatic heterocycles. The van der Waals surface area contributed by atoms with Gasteiger partial charge in [-0.1, -0.05) is 17.4 Å². The number of hydrogen-bond donors (Lipinski definition) is 1. The molecule has 5 heteroatoms. The van der Waals surface area contributed by atoms with Gasteiger partial charge in [0.1, 0.15) is 5.00 Å². The number of aromatic nitrogens is 2. The van der Waals surface area contributed by atoms with Crippen molar-refractivity contribution in [2.45, 2.75) is 13.5 Å². The van der Waals surface area contributed by atoms with Gasteiger partial charge < -0.3 is 10.6 Å². The van der Waals surface area contributed by atoms with Crippen LogP contribution < -0.4 is 10.6 Å². The van der Waals surface area contributed by atoms with Gasteiger partial charge in [-0.05, 0) is 19.1 Å². The van der Waals surface area contributed by atoms with Crippen molar-refractivity contribution >= 4 is 21.5 Å². The smallest absolute Gasteiger partial charge is 0.187 e. The first-order valence-corrected chi connectivity index (χ1v) is 5.82. The van der Waals surface area contributed by atoms with Gasteiger partial charge in [0.05, 0.1) is 18.4 Å². The van der Waals surface area contributed by atoms with E-state index in [-0.39, 0.29) is 0 Å². The summed E-state index contributed by atoms with van der Waals surface area (Å²) in [6.45, 7) is 2.74. The Kier molecular flexibility index (Phi) is 3.05. The van der Waals surface area contributed by atoms with Crippen molar-refractivity contribution in [3.63, 3.8) is 0 Å². The summed E-state index contributed by atoms with van der Waals surface area (Å²) < 4.78 is 0. The minimum atomic E-state index is 0.735. The van der Waals surface area contributed by atoms with Crippen LogP contribution in [0, 0.1) is 6.92 Å². The van der Waals surface area contributed by atoms with E-state index in [4.69, 9.17) is 5.73 Å². The number of anilines is 2. The molecule has 0 fully saturated rings. The zero-order valence-corrected chi connectivity index (χ0v) is 10.2. The van der Waals surface area contributed by atoms with Gasteiger partial charge in [-0.3, -0.25) is 4.98 Å². The highest BCUT2D eigenvalue weighted by molar-refractivity contribution is 7.19. The van der Waals surface area contributed by atoms with E-state index in [1.807, 2.05) is 37.1 Å². The highest BCUT2D eigenvalue weighted by Gasteiger charge is 2.06. The van der Waals surface area contributed by atoms with Crippen LogP contribution in [0.5, 0.6) is 0 Å². The molecule has 2 aromatic rings. The molecule has 0 amide bonds. The number of nitrogen functional groups attached to an aromatic ring is 1. The van der Waals surface area contributed by atoms with Gasteiger partial charge in [0, 0.05) is 12.7 Å². The predicted octanol–water partition coefficient (Wildman–Crippen LogP) is 2.07. The first-order chi connectivity index (χ1) is 7.65. The van der Waals surface area contributed by atoms with E-state index in [0.717, 1.165) is 28.1 Å². The second kappa shape index (κ2) is 4.49. The maximum atomic E-state index is 5.65. The van der Waals surface area contributed by atoms with Crippen molar-refractivity contribution in [2.24, 2.45) is 0 Å². The number of nitrogens with two attached hydrogens (primary N) is 1. The minimum Gasteiger partial charge on any atom is -0.389 e. The van der Waals surface area contributed by atoms with E-state index in [9.17, 15) is 0 Å². The Hall–Kier alpha value is -1.62. The highest BCUT2D eigenvalue weighted by Crippen LogP contribution is 2.23. The molecule has 0 aromatic carbocycles. The first kappa shape index (κ1) is 10.9. The van der Waals surface area contributed by atoms with E-state index in [0.29, 0.717) is 0 Å². The van der Waals surface area contributed by atoms with E-state index in [1.54, 1.807) is 6.20 Å². The molecule has 0 radical (unpaired) electrons. The van der Waals surface area contributed by atoms with E-state index < -0.39 is 0 Å². The fourth-order valence-electron chi connectivity index (χ4n) is 1.45. The van der Waals surface area contributed by atoms with Crippen molar-refractivity contribution in [1.82, 2.24) is 9.97 Å². The number of hydrogen-bond acceptors (Lipinski definition) is 5. The Balaban J connectivity index is 2.10. The summed E-state index contributed by atoms with van der Waals surface area (Å²) in [4.78, 5) is 10.7. The molecule has 0 unspecified atom stereocenters. The molecule has 0 aliphatic carbocycles. The zero-order valence-electron chi connectivity index (χ0n) is 9.34. The van der Waals surface area contributed by atoms with Crippen molar-refractivity contribution in [3.05, 3.63) is 35.8 Å². The summed E-state index contributed by atoms with van der Waals surface area (Å²) >= 11 is 1.48. The second-order valence-corrected chi connectivity index (χ2v) is 4.71. The quantitative estimate of drug-likeness (QED) is 0.883. The third kappa shape index (κ3) is 2.49. The van der Waals surface area contributed by atoms with E-state index in [2.05, 4.69) is 9.97 Å². The minimum absolute atomic E-state index is 0.735. The van der Waals surface area contributed by atoms with E-state index >= 15 is 0 Å². The van der Waals surface area contributed by atoms with Crippen molar-refractivity contribution in [1.29, 1.82) is 0 Å². The maximum absolute atomic E-state index is 5.65. The molecule has 0 bridgehead atoms. The largest absolute Gasteiger partial charge is 0.389 e. The van der Waals surface area contributed by atoms with Gasteiger partial charge in [-0.2, -0.15) is 0 Å². The van der Waals surface area contributed by atoms with E-state index in [1.165, 1.54) is 11.3 Å². The lowest BCUT2D eigenvalue weighted by atomic mass is 10.3. The van der Waals surface area contributed by atoms with Gasteiger partial charge in [0.25, 0.3) is 0 Å². The Labute approximate surface area is 98.8 Å². The average molecular weight is 234 g/mol. The molecule has 0 spiro atoms. The van der Waals surface area contributed by atoms with Gasteiger partial charge in [0.2, 0.25) is 0 Å². The lowest BCUT2D eigenvalue weighted by molar-refractivity contribution is 0.871. The zero-order chi connectivity index (χ0) is 11.5. The fourth-order valence-corrected chi connectivity index (χ4v) is 2.09. The van der Waals surface area contributed by atoms with Crippen LogP contribution in [0.2, 0.25) is 0 Å². The molecule has 2 heterocycles. The summed E-state index contributed by atoms with van der Waals surface area (Å²) in [6, 6.07) is 6.02. The standard InChI is InChI=1S/C11H14N4S/c1-8-4-3-5-9(14-8)7-15(2)11-13-6-10(12)16-11/h3-6H,7,12H2,1-2H3. The summed E-state index contributed by atoms with van der Waals surface area (Å²) in [7, 11) is 1.99. The lowest BCUT2D eigenvalue weighted by Gasteiger charge is -2.14. The van der Waals surface area contributed by atoms with Crippen LogP contribution in [0.1, 0.15) is 11.4 Å². The topological polar surface area (TPSA) is 55.0 Å². The second-order valence-electron chi connectivity index (χ2n) is 3.67. The Morgan fingerprint density at radius 3 is 2.88 bits per heavy atom. The number of pyridine rings is 1. The van der Waals surface area contributed by atoms with Crippen molar-refractivity contribution in [3.8, 4) is 0 Å². The number of thiazole rings is 1. The molecule has 0 saturated heterocycles. The SMILES string of the molecule is Cc1cccc(CN(C)c2ncc(N)s2)n1. The van der Waals surface area contributed by atoms with Crippen molar-refractivity contribution < 1.29 is 0 Å². The predicted molar refractivity (Wildman–Crippen MR) is 67.6 cm³/mol. The van der Waals surface area contributed by atoms with Gasteiger partial charge in [0.15, 0.2) is 5.13 Å². The molecular formula is C11H14N4S. The van der Waals surface area contributed by atoms with Crippen LogP contribution in [0.4, 0.5) is 10.1 Å². The third-order valence-electron chi connectivity index (χ3n) is 2.18. The summed E-state index contributed by atoms with van der Waals surface area (Å²) in [6.07, 6.45) is 1.68. The summed E-state index contributed by atoms with van der Waals surface area (Å²) in [5.41, 5.74) is 7.72. The highest BCUT2D eigenvalue weighted by atomic mass is 32.1. The number of rotatable bonds is 3. The third-order valence-corrected chi connectivity index (χ3v) is 3.12. The van der Waals surface area contributed by atoms with Crippen LogP contribution in [0.3, 0.4) is 0 Å². The molecule has 2 aromatic heterocycles. The molecule has 4 nitrogen and oxygen atoms in total. The molecule has 2 rings (SSSR count). The molecular weight excluding hydrogens is 220 g/mol. The number of aryl methyl sites for hydroxylation is 1. The Morgan fingerprint density at radius 2 is 2.25 bits per heavy atom. The van der Waals surface area contributed by atoms with Crippen LogP contribution >= 0.6 is 11.3 Å². The molecule has 0 saturated carbocycles. The molecule has 0 aliphatic rings. The molecule has 0 atom stereocenters. The van der Waals surface area contributed by atoms with Crippen LogP contribution in [0.25, 0.3) is 0 Å². The maximum Gasteiger partial charge on any atom is 0.187 e. The average Bonchev–Trinajstić information content (AvgIpc) is 2.65. The molecule has 2 N–H and O–H groups in total. The van der Waals surface area contributed by atoms with Crippen molar-refractivity contribution in [2.75, 3.05) is 17.7 Å². The van der Waals surface area contributed by atoms with Gasteiger partial charge in [-0.15, -0.1) is 0 Å². The molecule has 16 heavy (non-hydrogen) atoms. The first-order valence-electron chi connectivity index (χ1n) is 5.00. The van der Waals surface area contributed by atoms with Crippen LogP contribution in [-0.4, -0.2) is 17.0 Å². The lowest BCUT2D eigenvalue weighted by Crippen LogP contribution is -2.16. The normalized spacial score (nSPS) is 10.4. The number of nitrogens with zero attached hydrogens (tertiary/aromatic N) is 3. The van der Waals surface area contributed by atoms with Crippen LogP contribution in [-0.2, 0) is 6.54 Å². The van der Waals surface area contributed by atoms with Crippen LogP contribution in [0.15, 0.2) is 24.4 Å². The monoisotopic (exact) mass is 234 g/mol. The fraction of sp³-hybridized carbons (Fsp3) is 0.273. The Bertz CT molecular complexity index is 480.